The summed E-state index contributed by atoms with van der Waals surface area (Å²) in [5.74, 6) is 0.663. The van der Waals surface area contributed by atoms with Crippen LogP contribution >= 0.6 is 22.9 Å². The van der Waals surface area contributed by atoms with E-state index in [9.17, 15) is 15.0 Å². The molecule has 3 rings (SSSR count). The molecule has 0 saturated carbocycles. The van der Waals surface area contributed by atoms with Crippen molar-refractivity contribution in [2.24, 2.45) is 0 Å². The minimum Gasteiger partial charge on any atom is -0.492 e. The molecule has 0 spiro atoms. The predicted octanol–water partition coefficient (Wildman–Crippen LogP) is 3.66. The normalized spacial score (nSPS) is 12.0. The van der Waals surface area contributed by atoms with Crippen LogP contribution in [0.4, 0.5) is 0 Å². The number of aliphatic hydroxyl groups is 2. The molecule has 0 amide bonds. The van der Waals surface area contributed by atoms with Gasteiger partial charge in [-0.3, -0.25) is 4.79 Å². The maximum absolute atomic E-state index is 12.9. The first-order chi connectivity index (χ1) is 14.0. The number of hydrogen-bond acceptors (Lipinski definition) is 5. The van der Waals surface area contributed by atoms with Crippen LogP contribution in [0, 0.1) is 0 Å². The summed E-state index contributed by atoms with van der Waals surface area (Å²) in [7, 11) is 0. The number of nitrogens with zero attached hydrogens (tertiary/aromatic N) is 1. The van der Waals surface area contributed by atoms with Crippen molar-refractivity contribution in [2.75, 3.05) is 46.0 Å². The molecule has 156 valence electrons. The quantitative estimate of drug-likeness (QED) is 0.289. The van der Waals surface area contributed by atoms with Gasteiger partial charge in [-0.2, -0.15) is 0 Å². The number of quaternary nitrogens is 1. The van der Waals surface area contributed by atoms with Crippen LogP contribution in [0.25, 0.3) is 20.2 Å². The highest BCUT2D eigenvalue weighted by Gasteiger charge is 2.23. The summed E-state index contributed by atoms with van der Waals surface area (Å²) < 4.78 is 8.39. The second-order valence-corrected chi connectivity index (χ2v) is 8.61. The third kappa shape index (κ3) is 4.73. The van der Waals surface area contributed by atoms with Crippen LogP contribution in [0.15, 0.2) is 41.2 Å². The number of halogens is 1. The lowest BCUT2D eigenvalue weighted by Gasteiger charge is -2.36. The Bertz CT molecular complexity index is 1030. The standard InChI is InChI=1S/C22H27ClNO4S/c1-2-24(11-13-25,12-14-26)10-5-15-28-18-9-8-17(23)20-21(27)16-6-3-4-7-19(16)29-22(18)20/h3-4,6-9,25-26H,2,5,10-15H2,1H3/q+1. The van der Waals surface area contributed by atoms with Gasteiger partial charge in [0.1, 0.15) is 18.8 Å². The van der Waals surface area contributed by atoms with Gasteiger partial charge < -0.3 is 19.4 Å². The van der Waals surface area contributed by atoms with Crippen LogP contribution in [-0.2, 0) is 0 Å². The van der Waals surface area contributed by atoms with Gasteiger partial charge >= 0.3 is 0 Å². The van der Waals surface area contributed by atoms with Crippen LogP contribution in [0.2, 0.25) is 5.02 Å². The molecule has 0 bridgehead atoms. The maximum Gasteiger partial charge on any atom is 0.197 e. The van der Waals surface area contributed by atoms with E-state index in [1.807, 2.05) is 30.3 Å². The van der Waals surface area contributed by atoms with Crippen molar-refractivity contribution in [3.8, 4) is 5.75 Å². The second-order valence-electron chi connectivity index (χ2n) is 7.15. The second kappa shape index (κ2) is 9.87. The van der Waals surface area contributed by atoms with Crippen LogP contribution in [0.3, 0.4) is 0 Å². The van der Waals surface area contributed by atoms with Gasteiger partial charge in [0, 0.05) is 16.5 Å². The molecule has 3 aromatic rings. The molecular weight excluding hydrogens is 410 g/mol. The lowest BCUT2D eigenvalue weighted by Crippen LogP contribution is -2.52. The highest BCUT2D eigenvalue weighted by Crippen LogP contribution is 2.35. The summed E-state index contributed by atoms with van der Waals surface area (Å²) >= 11 is 7.86. The van der Waals surface area contributed by atoms with E-state index < -0.39 is 0 Å². The first-order valence-electron chi connectivity index (χ1n) is 9.89. The Balaban J connectivity index is 1.82. The van der Waals surface area contributed by atoms with Gasteiger partial charge in [-0.05, 0) is 31.2 Å². The first kappa shape index (κ1) is 22.0. The van der Waals surface area contributed by atoms with E-state index in [2.05, 4.69) is 6.92 Å². The number of hydrogen-bond donors (Lipinski definition) is 2. The van der Waals surface area contributed by atoms with Crippen LogP contribution in [-0.4, -0.2) is 60.7 Å². The van der Waals surface area contributed by atoms with Crippen LogP contribution < -0.4 is 10.2 Å². The highest BCUT2D eigenvalue weighted by atomic mass is 35.5. The minimum atomic E-state index is -0.0719. The average molecular weight is 437 g/mol. The Kier molecular flexibility index (Phi) is 7.49. The summed E-state index contributed by atoms with van der Waals surface area (Å²) in [6, 6.07) is 11.1. The zero-order chi connectivity index (χ0) is 20.9. The Morgan fingerprint density at radius 2 is 1.79 bits per heavy atom. The van der Waals surface area contributed by atoms with E-state index in [0.29, 0.717) is 45.7 Å². The zero-order valence-electron chi connectivity index (χ0n) is 16.6. The summed E-state index contributed by atoms with van der Waals surface area (Å²) in [6.07, 6.45) is 0.778. The van der Waals surface area contributed by atoms with Crippen molar-refractivity contribution in [3.63, 3.8) is 0 Å². The van der Waals surface area contributed by atoms with E-state index in [1.54, 1.807) is 6.07 Å². The van der Waals surface area contributed by atoms with Gasteiger partial charge in [-0.15, -0.1) is 11.3 Å². The largest absolute Gasteiger partial charge is 0.492 e. The highest BCUT2D eigenvalue weighted by molar-refractivity contribution is 7.25. The topological polar surface area (TPSA) is 66.8 Å². The number of rotatable bonds is 10. The van der Waals surface area contributed by atoms with E-state index in [4.69, 9.17) is 16.3 Å². The van der Waals surface area contributed by atoms with Gasteiger partial charge in [0.15, 0.2) is 5.43 Å². The Hall–Kier alpha value is -1.70. The third-order valence-corrected chi connectivity index (χ3v) is 7.00. The van der Waals surface area contributed by atoms with E-state index in [-0.39, 0.29) is 18.6 Å². The lowest BCUT2D eigenvalue weighted by atomic mass is 10.2. The monoisotopic (exact) mass is 436 g/mol. The molecule has 2 aromatic carbocycles. The van der Waals surface area contributed by atoms with Crippen molar-refractivity contribution in [2.45, 2.75) is 13.3 Å². The molecule has 0 fully saturated rings. The molecule has 0 aliphatic carbocycles. The van der Waals surface area contributed by atoms with Gasteiger partial charge in [0.05, 0.1) is 48.0 Å². The summed E-state index contributed by atoms with van der Waals surface area (Å²) in [6.45, 7) is 5.64. The Morgan fingerprint density at radius 1 is 1.07 bits per heavy atom. The minimum absolute atomic E-state index is 0.0719. The molecule has 2 N–H and O–H groups in total. The maximum atomic E-state index is 12.9. The molecule has 1 aromatic heterocycles. The fourth-order valence-electron chi connectivity index (χ4n) is 3.77. The van der Waals surface area contributed by atoms with Gasteiger partial charge in [0.25, 0.3) is 0 Å². The average Bonchev–Trinajstić information content (AvgIpc) is 2.73. The van der Waals surface area contributed by atoms with Crippen LogP contribution in [0.5, 0.6) is 5.75 Å². The number of likely N-dealkylation sites (N-methyl/N-ethyl adjacent to an activating group) is 1. The van der Waals surface area contributed by atoms with Gasteiger partial charge in [-0.1, -0.05) is 23.7 Å². The van der Waals surface area contributed by atoms with E-state index in [0.717, 1.165) is 28.9 Å². The summed E-state index contributed by atoms with van der Waals surface area (Å²) in [5, 5.41) is 20.4. The summed E-state index contributed by atoms with van der Waals surface area (Å²) in [5.41, 5.74) is -0.0719. The fraction of sp³-hybridized carbons (Fsp3) is 0.409. The van der Waals surface area contributed by atoms with Crippen molar-refractivity contribution in [1.82, 2.24) is 0 Å². The Morgan fingerprint density at radius 3 is 2.48 bits per heavy atom. The Labute approximate surface area is 179 Å². The molecule has 29 heavy (non-hydrogen) atoms. The molecule has 5 nitrogen and oxygen atoms in total. The number of benzene rings is 2. The zero-order valence-corrected chi connectivity index (χ0v) is 18.1. The predicted molar refractivity (Wildman–Crippen MR) is 120 cm³/mol. The van der Waals surface area contributed by atoms with Gasteiger partial charge in [0.2, 0.25) is 0 Å². The number of ether oxygens (including phenoxy) is 1. The molecule has 1 heterocycles. The molecule has 0 unspecified atom stereocenters. The van der Waals surface area contributed by atoms with Crippen molar-refractivity contribution in [3.05, 3.63) is 51.6 Å². The SMILES string of the molecule is CC[N+](CCO)(CCO)CCCOc1ccc(Cl)c2c(=O)c3ccccc3sc12. The molecule has 7 heteroatoms. The number of fused-ring (bicyclic) bond motifs is 2. The molecular formula is C22H27ClNO4S+. The van der Waals surface area contributed by atoms with Crippen molar-refractivity contribution >= 4 is 43.1 Å². The molecule has 0 aliphatic rings. The third-order valence-electron chi connectivity index (χ3n) is 5.50. The van der Waals surface area contributed by atoms with Crippen LogP contribution in [0.1, 0.15) is 13.3 Å². The van der Waals surface area contributed by atoms with E-state index in [1.165, 1.54) is 11.3 Å². The fourth-order valence-corrected chi connectivity index (χ4v) is 5.24. The van der Waals surface area contributed by atoms with Gasteiger partial charge in [-0.25, -0.2) is 0 Å². The molecule has 0 atom stereocenters. The van der Waals surface area contributed by atoms with Crippen molar-refractivity contribution < 1.29 is 19.4 Å². The molecule has 0 aliphatic heterocycles. The molecule has 0 radical (unpaired) electrons. The lowest BCUT2D eigenvalue weighted by molar-refractivity contribution is -0.927. The molecule has 0 saturated heterocycles. The van der Waals surface area contributed by atoms with E-state index >= 15 is 0 Å². The first-order valence-corrected chi connectivity index (χ1v) is 11.1. The van der Waals surface area contributed by atoms with Crippen molar-refractivity contribution in [1.29, 1.82) is 0 Å². The smallest absolute Gasteiger partial charge is 0.197 e. The number of aliphatic hydroxyl groups excluding tert-OH is 2. The summed E-state index contributed by atoms with van der Waals surface area (Å²) in [4.78, 5) is 12.9.